The molecule has 0 unspecified atom stereocenters. The van der Waals surface area contributed by atoms with Gasteiger partial charge in [0.2, 0.25) is 0 Å². The van der Waals surface area contributed by atoms with E-state index in [1.54, 1.807) is 39.1 Å². The van der Waals surface area contributed by atoms with Crippen molar-refractivity contribution in [3.8, 4) is 5.75 Å². The van der Waals surface area contributed by atoms with Crippen LogP contribution in [-0.4, -0.2) is 29.8 Å². The predicted octanol–water partition coefficient (Wildman–Crippen LogP) is 2.80. The number of rotatable bonds is 6. The molecule has 0 saturated heterocycles. The van der Waals surface area contributed by atoms with Gasteiger partial charge in [-0.25, -0.2) is 4.79 Å². The minimum absolute atomic E-state index is 0.170. The Morgan fingerprint density at radius 1 is 1.52 bits per heavy atom. The van der Waals surface area contributed by atoms with Crippen LogP contribution in [0.25, 0.3) is 10.4 Å². The van der Waals surface area contributed by atoms with Gasteiger partial charge in [-0.1, -0.05) is 5.11 Å². The minimum Gasteiger partial charge on any atom is -0.492 e. The van der Waals surface area contributed by atoms with Crippen LogP contribution in [0.1, 0.15) is 26.5 Å². The molecule has 0 radical (unpaired) electrons. The third kappa shape index (κ3) is 7.64. The molecule has 1 aromatic heterocycles. The zero-order chi connectivity index (χ0) is 15.7. The Kier molecular flexibility index (Phi) is 6.29. The van der Waals surface area contributed by atoms with E-state index in [4.69, 9.17) is 15.0 Å². The fourth-order valence-electron chi connectivity index (χ4n) is 1.37. The number of amides is 1. The van der Waals surface area contributed by atoms with E-state index in [-0.39, 0.29) is 6.54 Å². The van der Waals surface area contributed by atoms with Crippen molar-refractivity contribution in [3.05, 3.63) is 34.5 Å². The smallest absolute Gasteiger partial charge is 0.407 e. The Morgan fingerprint density at radius 3 is 2.95 bits per heavy atom. The molecule has 0 atom stereocenters. The van der Waals surface area contributed by atoms with Gasteiger partial charge in [-0.3, -0.25) is 4.98 Å². The first-order valence-corrected chi connectivity index (χ1v) is 6.46. The van der Waals surface area contributed by atoms with E-state index in [1.165, 1.54) is 0 Å². The van der Waals surface area contributed by atoms with Crippen LogP contribution in [0.3, 0.4) is 0 Å². The molecule has 0 aliphatic carbocycles. The quantitative estimate of drug-likeness (QED) is 0.376. The van der Waals surface area contributed by atoms with Crippen molar-refractivity contribution in [2.75, 3.05) is 13.2 Å². The molecule has 0 aromatic carbocycles. The van der Waals surface area contributed by atoms with Crippen LogP contribution in [-0.2, 0) is 11.3 Å². The summed E-state index contributed by atoms with van der Waals surface area (Å²) in [5, 5.41) is 6.02. The normalized spacial score (nSPS) is 10.4. The number of azide groups is 1. The van der Waals surface area contributed by atoms with Gasteiger partial charge in [0.15, 0.2) is 0 Å². The zero-order valence-electron chi connectivity index (χ0n) is 12.4. The molecular formula is C13H19N5O3. The van der Waals surface area contributed by atoms with E-state index in [9.17, 15) is 4.79 Å². The van der Waals surface area contributed by atoms with Gasteiger partial charge in [-0.05, 0) is 32.4 Å². The third-order valence-electron chi connectivity index (χ3n) is 2.12. The number of hydrogen-bond acceptors (Lipinski definition) is 5. The molecule has 0 fully saturated rings. The summed E-state index contributed by atoms with van der Waals surface area (Å²) in [6.45, 7) is 6.18. The van der Waals surface area contributed by atoms with Crippen molar-refractivity contribution in [3.63, 3.8) is 0 Å². The number of nitrogens with zero attached hydrogens (tertiary/aromatic N) is 4. The molecular weight excluding hydrogens is 274 g/mol. The maximum Gasteiger partial charge on any atom is 0.407 e. The van der Waals surface area contributed by atoms with E-state index in [1.807, 2.05) is 0 Å². The maximum absolute atomic E-state index is 11.4. The lowest BCUT2D eigenvalue weighted by Gasteiger charge is -2.19. The first-order chi connectivity index (χ1) is 9.90. The highest BCUT2D eigenvalue weighted by atomic mass is 16.6. The molecule has 1 aromatic rings. The van der Waals surface area contributed by atoms with E-state index >= 15 is 0 Å². The second-order valence-corrected chi connectivity index (χ2v) is 5.15. The molecule has 0 aliphatic rings. The van der Waals surface area contributed by atoms with Crippen LogP contribution in [0.15, 0.2) is 23.4 Å². The molecule has 114 valence electrons. The van der Waals surface area contributed by atoms with E-state index in [0.717, 1.165) is 0 Å². The molecule has 8 heteroatoms. The number of alkyl carbamates (subject to hydrolysis) is 1. The number of hydrogen-bond donors (Lipinski definition) is 1. The second kappa shape index (κ2) is 7.96. The molecule has 0 spiro atoms. The van der Waals surface area contributed by atoms with Crippen molar-refractivity contribution in [2.24, 2.45) is 5.11 Å². The monoisotopic (exact) mass is 293 g/mol. The number of carbonyl (C=O) groups is 1. The molecule has 1 amide bonds. The summed E-state index contributed by atoms with van der Waals surface area (Å²) in [4.78, 5) is 18.1. The van der Waals surface area contributed by atoms with Crippen LogP contribution in [0.2, 0.25) is 0 Å². The van der Waals surface area contributed by atoms with Gasteiger partial charge in [0.25, 0.3) is 0 Å². The molecule has 1 N–H and O–H groups in total. The molecule has 8 nitrogen and oxygen atoms in total. The molecule has 21 heavy (non-hydrogen) atoms. The highest BCUT2D eigenvalue weighted by Gasteiger charge is 2.15. The van der Waals surface area contributed by atoms with Gasteiger partial charge in [0, 0.05) is 22.9 Å². The summed E-state index contributed by atoms with van der Waals surface area (Å²) in [7, 11) is 0. The SMILES string of the molecule is CC(C)(C)OC(=O)NCCOc1ccnc(CN=[N+]=[N-])c1. The summed E-state index contributed by atoms with van der Waals surface area (Å²) in [5.74, 6) is 0.596. The standard InChI is InChI=1S/C13H19N5O3/c1-13(2,3)21-12(19)16-6-7-20-11-4-5-15-10(8-11)9-17-18-14/h4-5,8H,6-7,9H2,1-3H3,(H,16,19). The van der Waals surface area contributed by atoms with E-state index in [0.29, 0.717) is 24.6 Å². The molecule has 0 aliphatic heterocycles. The second-order valence-electron chi connectivity index (χ2n) is 5.15. The van der Waals surface area contributed by atoms with E-state index in [2.05, 4.69) is 20.3 Å². The van der Waals surface area contributed by atoms with Gasteiger partial charge >= 0.3 is 6.09 Å². The number of carbonyl (C=O) groups excluding carboxylic acids is 1. The maximum atomic E-state index is 11.4. The van der Waals surface area contributed by atoms with Crippen molar-refractivity contribution in [1.29, 1.82) is 0 Å². The van der Waals surface area contributed by atoms with Crippen molar-refractivity contribution in [1.82, 2.24) is 10.3 Å². The average Bonchev–Trinajstić information content (AvgIpc) is 2.40. The Morgan fingerprint density at radius 2 is 2.29 bits per heavy atom. The molecule has 1 rings (SSSR count). The largest absolute Gasteiger partial charge is 0.492 e. The van der Waals surface area contributed by atoms with Gasteiger partial charge in [0.05, 0.1) is 13.1 Å². The van der Waals surface area contributed by atoms with Crippen LogP contribution in [0, 0.1) is 0 Å². The van der Waals surface area contributed by atoms with Crippen LogP contribution in [0.4, 0.5) is 4.79 Å². The Balaban J connectivity index is 2.32. The number of ether oxygens (including phenoxy) is 2. The highest BCUT2D eigenvalue weighted by molar-refractivity contribution is 5.67. The zero-order valence-corrected chi connectivity index (χ0v) is 12.4. The first kappa shape index (κ1) is 16.6. The predicted molar refractivity (Wildman–Crippen MR) is 76.8 cm³/mol. The van der Waals surface area contributed by atoms with E-state index < -0.39 is 11.7 Å². The average molecular weight is 293 g/mol. The number of aromatic nitrogens is 1. The lowest BCUT2D eigenvalue weighted by Crippen LogP contribution is -2.34. The van der Waals surface area contributed by atoms with Crippen molar-refractivity contribution >= 4 is 6.09 Å². The highest BCUT2D eigenvalue weighted by Crippen LogP contribution is 2.11. The Bertz CT molecular complexity index is 521. The summed E-state index contributed by atoms with van der Waals surface area (Å²) in [6.07, 6.45) is 1.09. The lowest BCUT2D eigenvalue weighted by molar-refractivity contribution is 0.0520. The first-order valence-electron chi connectivity index (χ1n) is 6.46. The van der Waals surface area contributed by atoms with Crippen molar-refractivity contribution in [2.45, 2.75) is 32.9 Å². The molecule has 1 heterocycles. The van der Waals surface area contributed by atoms with Crippen LogP contribution < -0.4 is 10.1 Å². The number of nitrogens with one attached hydrogen (secondary N) is 1. The molecule has 0 bridgehead atoms. The summed E-state index contributed by atoms with van der Waals surface area (Å²) >= 11 is 0. The number of pyridine rings is 1. The van der Waals surface area contributed by atoms with Crippen molar-refractivity contribution < 1.29 is 14.3 Å². The summed E-state index contributed by atoms with van der Waals surface area (Å²) in [5.41, 5.74) is 8.34. The Hall–Kier alpha value is -2.47. The molecule has 0 saturated carbocycles. The van der Waals surface area contributed by atoms with Gasteiger partial charge in [0.1, 0.15) is 18.0 Å². The minimum atomic E-state index is -0.522. The fourth-order valence-corrected chi connectivity index (χ4v) is 1.37. The Labute approximate surface area is 123 Å². The van der Waals surface area contributed by atoms with Crippen LogP contribution >= 0.6 is 0 Å². The third-order valence-corrected chi connectivity index (χ3v) is 2.12. The van der Waals surface area contributed by atoms with Gasteiger partial charge in [-0.15, -0.1) is 0 Å². The van der Waals surface area contributed by atoms with Crippen LogP contribution in [0.5, 0.6) is 5.75 Å². The summed E-state index contributed by atoms with van der Waals surface area (Å²) < 4.78 is 10.6. The topological polar surface area (TPSA) is 109 Å². The fraction of sp³-hybridized carbons (Fsp3) is 0.538. The van der Waals surface area contributed by atoms with Gasteiger partial charge in [-0.2, -0.15) is 0 Å². The lowest BCUT2D eigenvalue weighted by atomic mass is 10.2. The summed E-state index contributed by atoms with van der Waals surface area (Å²) in [6, 6.07) is 3.37. The van der Waals surface area contributed by atoms with Gasteiger partial charge < -0.3 is 14.8 Å².